The molecule has 0 saturated carbocycles. The van der Waals surface area contributed by atoms with Crippen LogP contribution >= 0.6 is 11.3 Å². The van der Waals surface area contributed by atoms with E-state index in [1.807, 2.05) is 48.7 Å². The number of morpholine rings is 1. The maximum absolute atomic E-state index is 12.8. The number of rotatable bonds is 6. The second-order valence-corrected chi connectivity index (χ2v) is 8.49. The van der Waals surface area contributed by atoms with E-state index in [2.05, 4.69) is 4.72 Å². The van der Waals surface area contributed by atoms with E-state index < -0.39 is 10.2 Å². The van der Waals surface area contributed by atoms with Gasteiger partial charge in [-0.15, -0.1) is 11.3 Å². The molecule has 1 aromatic carbocycles. The fraction of sp³-hybridized carbons (Fsp3) is 0.412. The maximum atomic E-state index is 12.8. The molecule has 3 rings (SSSR count). The van der Waals surface area contributed by atoms with Gasteiger partial charge in [0.05, 0.1) is 19.3 Å². The summed E-state index contributed by atoms with van der Waals surface area (Å²) >= 11 is 1.59. The normalized spacial score (nSPS) is 17.7. The lowest BCUT2D eigenvalue weighted by Gasteiger charge is -2.28. The molecule has 7 heteroatoms. The number of thiophene rings is 1. The summed E-state index contributed by atoms with van der Waals surface area (Å²) in [6.07, 6.45) is 0.631. The molecule has 2 aromatic rings. The van der Waals surface area contributed by atoms with Crippen molar-refractivity contribution in [2.24, 2.45) is 0 Å². The highest BCUT2D eigenvalue weighted by atomic mass is 32.2. The first-order valence-corrected chi connectivity index (χ1v) is 10.3. The number of nitrogens with one attached hydrogen (secondary N) is 1. The van der Waals surface area contributed by atoms with Crippen LogP contribution in [0.4, 0.5) is 0 Å². The van der Waals surface area contributed by atoms with Gasteiger partial charge in [-0.05, 0) is 35.9 Å². The van der Waals surface area contributed by atoms with Crippen LogP contribution in [0.2, 0.25) is 0 Å². The number of aryl methyl sites for hydroxylation is 1. The average Bonchev–Trinajstić information content (AvgIpc) is 3.02. The Hall–Kier alpha value is -1.25. The summed E-state index contributed by atoms with van der Waals surface area (Å²) in [5.41, 5.74) is 2.23. The van der Waals surface area contributed by atoms with E-state index in [4.69, 9.17) is 4.74 Å². The fourth-order valence-corrected chi connectivity index (χ4v) is 5.21. The van der Waals surface area contributed by atoms with Crippen molar-refractivity contribution in [2.75, 3.05) is 26.3 Å². The average molecular weight is 367 g/mol. The first kappa shape index (κ1) is 17.6. The van der Waals surface area contributed by atoms with E-state index >= 15 is 0 Å². The highest BCUT2D eigenvalue weighted by Crippen LogP contribution is 2.28. The van der Waals surface area contributed by atoms with Crippen molar-refractivity contribution in [2.45, 2.75) is 19.4 Å². The second kappa shape index (κ2) is 7.76. The quantitative estimate of drug-likeness (QED) is 0.855. The molecular weight excluding hydrogens is 344 g/mol. The molecule has 1 aliphatic rings. The van der Waals surface area contributed by atoms with Gasteiger partial charge >= 0.3 is 0 Å². The zero-order valence-electron chi connectivity index (χ0n) is 13.6. The molecule has 1 aliphatic heterocycles. The van der Waals surface area contributed by atoms with Crippen LogP contribution in [0.1, 0.15) is 22.0 Å². The van der Waals surface area contributed by atoms with Gasteiger partial charge in [0.2, 0.25) is 0 Å². The van der Waals surface area contributed by atoms with E-state index in [1.165, 1.54) is 4.31 Å². The van der Waals surface area contributed by atoms with Crippen molar-refractivity contribution >= 4 is 21.5 Å². The van der Waals surface area contributed by atoms with E-state index in [-0.39, 0.29) is 6.04 Å². The number of hydrogen-bond acceptors (Lipinski definition) is 4. The van der Waals surface area contributed by atoms with E-state index in [0.717, 1.165) is 16.0 Å². The van der Waals surface area contributed by atoms with Gasteiger partial charge in [0.15, 0.2) is 0 Å². The highest BCUT2D eigenvalue weighted by Gasteiger charge is 2.28. The van der Waals surface area contributed by atoms with Crippen LogP contribution in [0.15, 0.2) is 41.8 Å². The van der Waals surface area contributed by atoms with Crippen molar-refractivity contribution in [3.63, 3.8) is 0 Å². The van der Waals surface area contributed by atoms with E-state index in [9.17, 15) is 8.42 Å². The van der Waals surface area contributed by atoms with Crippen molar-refractivity contribution in [3.05, 3.63) is 57.8 Å². The Morgan fingerprint density at radius 1 is 1.21 bits per heavy atom. The molecule has 24 heavy (non-hydrogen) atoms. The molecule has 1 atom stereocenters. The Morgan fingerprint density at radius 3 is 2.54 bits per heavy atom. The molecule has 0 radical (unpaired) electrons. The molecule has 0 amide bonds. The molecule has 1 unspecified atom stereocenters. The Morgan fingerprint density at radius 2 is 1.92 bits per heavy atom. The Labute approximate surface area is 147 Å². The molecular formula is C17H22N2O3S2. The van der Waals surface area contributed by atoms with Crippen LogP contribution < -0.4 is 4.72 Å². The summed E-state index contributed by atoms with van der Waals surface area (Å²) in [5, 5.41) is 2.01. The monoisotopic (exact) mass is 366 g/mol. The third-order valence-corrected chi connectivity index (χ3v) is 6.86. The minimum absolute atomic E-state index is 0.264. The van der Waals surface area contributed by atoms with Crippen molar-refractivity contribution in [1.29, 1.82) is 0 Å². The van der Waals surface area contributed by atoms with Gasteiger partial charge in [-0.2, -0.15) is 17.4 Å². The van der Waals surface area contributed by atoms with Crippen LogP contribution in [-0.2, 0) is 21.4 Å². The molecule has 5 nitrogen and oxygen atoms in total. The van der Waals surface area contributed by atoms with Crippen LogP contribution in [0.5, 0.6) is 0 Å². The predicted molar refractivity (Wildman–Crippen MR) is 96.4 cm³/mol. The van der Waals surface area contributed by atoms with Crippen LogP contribution in [0.3, 0.4) is 0 Å². The van der Waals surface area contributed by atoms with Gasteiger partial charge in [-0.1, -0.05) is 30.3 Å². The van der Waals surface area contributed by atoms with Gasteiger partial charge in [0.1, 0.15) is 0 Å². The summed E-state index contributed by atoms with van der Waals surface area (Å²) in [4.78, 5) is 1.07. The lowest BCUT2D eigenvalue weighted by molar-refractivity contribution is 0.0723. The van der Waals surface area contributed by atoms with Crippen molar-refractivity contribution in [3.8, 4) is 0 Å². The largest absolute Gasteiger partial charge is 0.379 e. The SMILES string of the molecule is Cc1ccsc1C(Cc1ccccc1)NS(=O)(=O)N1CCOCC1. The van der Waals surface area contributed by atoms with E-state index in [1.54, 1.807) is 11.3 Å². The minimum atomic E-state index is -3.54. The smallest absolute Gasteiger partial charge is 0.280 e. The number of benzene rings is 1. The lowest BCUT2D eigenvalue weighted by Crippen LogP contribution is -2.47. The third-order valence-electron chi connectivity index (χ3n) is 4.10. The van der Waals surface area contributed by atoms with Gasteiger partial charge in [-0.25, -0.2) is 0 Å². The molecule has 2 heterocycles. The molecule has 1 N–H and O–H groups in total. The van der Waals surface area contributed by atoms with Gasteiger partial charge in [0, 0.05) is 18.0 Å². The molecule has 0 bridgehead atoms. The maximum Gasteiger partial charge on any atom is 0.280 e. The number of nitrogens with zero attached hydrogens (tertiary/aromatic N) is 1. The minimum Gasteiger partial charge on any atom is -0.379 e. The molecule has 0 spiro atoms. The lowest BCUT2D eigenvalue weighted by atomic mass is 10.0. The third kappa shape index (κ3) is 4.23. The van der Waals surface area contributed by atoms with Crippen LogP contribution in [-0.4, -0.2) is 39.0 Å². The van der Waals surface area contributed by atoms with Crippen molar-refractivity contribution < 1.29 is 13.2 Å². The van der Waals surface area contributed by atoms with Crippen molar-refractivity contribution in [1.82, 2.24) is 9.03 Å². The van der Waals surface area contributed by atoms with Gasteiger partial charge < -0.3 is 4.74 Å². The summed E-state index contributed by atoms with van der Waals surface area (Å²) in [7, 11) is -3.54. The summed E-state index contributed by atoms with van der Waals surface area (Å²) in [6, 6.07) is 11.7. The number of ether oxygens (including phenoxy) is 1. The highest BCUT2D eigenvalue weighted by molar-refractivity contribution is 7.87. The summed E-state index contributed by atoms with van der Waals surface area (Å²) in [5.74, 6) is 0. The first-order valence-electron chi connectivity index (χ1n) is 7.99. The van der Waals surface area contributed by atoms with Gasteiger partial charge in [0.25, 0.3) is 10.2 Å². The van der Waals surface area contributed by atoms with Crippen LogP contribution in [0, 0.1) is 6.92 Å². The summed E-state index contributed by atoms with van der Waals surface area (Å²) in [6.45, 7) is 3.71. The zero-order valence-corrected chi connectivity index (χ0v) is 15.3. The Balaban J connectivity index is 1.83. The second-order valence-electron chi connectivity index (χ2n) is 5.84. The fourth-order valence-electron chi connectivity index (χ4n) is 2.82. The first-order chi connectivity index (χ1) is 11.6. The zero-order chi connectivity index (χ0) is 17.0. The van der Waals surface area contributed by atoms with Crippen LogP contribution in [0.25, 0.3) is 0 Å². The van der Waals surface area contributed by atoms with E-state index in [0.29, 0.717) is 32.7 Å². The number of hydrogen-bond donors (Lipinski definition) is 1. The molecule has 1 aromatic heterocycles. The summed E-state index contributed by atoms with van der Waals surface area (Å²) < 4.78 is 35.1. The standard InChI is InChI=1S/C17H22N2O3S2/c1-14-7-12-23-17(14)16(13-15-5-3-2-4-6-15)18-24(20,21)19-8-10-22-11-9-19/h2-7,12,16,18H,8-11,13H2,1H3. The molecule has 1 fully saturated rings. The molecule has 1 saturated heterocycles. The Bertz CT molecular complexity index is 753. The van der Waals surface area contributed by atoms with Gasteiger partial charge in [-0.3, -0.25) is 0 Å². The molecule has 130 valence electrons. The molecule has 0 aliphatic carbocycles. The topological polar surface area (TPSA) is 58.6 Å². The predicted octanol–water partition coefficient (Wildman–Crippen LogP) is 2.51. The Kier molecular flexibility index (Phi) is 5.68.